The Kier molecular flexibility index (Phi) is 4.20. The van der Waals surface area contributed by atoms with Crippen LogP contribution in [-0.4, -0.2) is 45.7 Å². The van der Waals surface area contributed by atoms with E-state index in [1.807, 2.05) is 25.7 Å². The fourth-order valence-corrected chi connectivity index (χ4v) is 4.38. The molecule has 2 aliphatic carbocycles. The van der Waals surface area contributed by atoms with Crippen LogP contribution in [0.15, 0.2) is 6.07 Å². The largest absolute Gasteiger partial charge is 0.444 e. The van der Waals surface area contributed by atoms with E-state index in [-0.39, 0.29) is 6.09 Å². The van der Waals surface area contributed by atoms with Crippen molar-refractivity contribution in [3.63, 3.8) is 0 Å². The molecule has 0 radical (unpaired) electrons. The van der Waals surface area contributed by atoms with Crippen molar-refractivity contribution in [3.8, 4) is 0 Å². The second kappa shape index (κ2) is 6.28. The molecule has 0 aromatic carbocycles. The van der Waals surface area contributed by atoms with Crippen molar-refractivity contribution in [1.82, 2.24) is 14.9 Å². The van der Waals surface area contributed by atoms with Crippen LogP contribution in [-0.2, 0) is 4.74 Å². The first kappa shape index (κ1) is 17.4. The van der Waals surface area contributed by atoms with Gasteiger partial charge in [0.1, 0.15) is 11.4 Å². The van der Waals surface area contributed by atoms with Crippen LogP contribution in [0.1, 0.15) is 58.1 Å². The average molecular weight is 359 g/mol. The molecular weight excluding hydrogens is 330 g/mol. The minimum absolute atomic E-state index is 0.210. The van der Waals surface area contributed by atoms with E-state index in [2.05, 4.69) is 21.4 Å². The highest BCUT2D eigenvalue weighted by Gasteiger charge is 2.57. The molecule has 0 bridgehead atoms. The summed E-state index contributed by atoms with van der Waals surface area (Å²) in [6.07, 6.45) is 4.71. The molecule has 1 saturated heterocycles. The number of hydrogen-bond donors (Lipinski definition) is 2. The van der Waals surface area contributed by atoms with Crippen LogP contribution in [0.25, 0.3) is 0 Å². The maximum Gasteiger partial charge on any atom is 0.410 e. The molecule has 1 aromatic rings. The number of nitrogens with zero attached hydrogens (tertiary/aromatic N) is 3. The van der Waals surface area contributed by atoms with Gasteiger partial charge >= 0.3 is 6.09 Å². The lowest BCUT2D eigenvalue weighted by atomic mass is 10.0. The van der Waals surface area contributed by atoms with Gasteiger partial charge in [-0.05, 0) is 33.6 Å². The first-order valence-corrected chi connectivity index (χ1v) is 9.69. The smallest absolute Gasteiger partial charge is 0.410 e. The monoisotopic (exact) mass is 359 g/mol. The summed E-state index contributed by atoms with van der Waals surface area (Å²) in [5.41, 5.74) is 6.55. The lowest BCUT2D eigenvalue weighted by Crippen LogP contribution is -2.38. The summed E-state index contributed by atoms with van der Waals surface area (Å²) in [4.78, 5) is 22.8. The SMILES string of the molecule is CC(C)(C)OC(=O)N1C[C@@H]2[C@H](C1)[C@@H]2Nc1cc(C2CCCC2)nc(N)n1. The van der Waals surface area contributed by atoms with Gasteiger partial charge in [-0.1, -0.05) is 12.8 Å². The number of anilines is 2. The summed E-state index contributed by atoms with van der Waals surface area (Å²) in [7, 11) is 0. The molecule has 142 valence electrons. The molecule has 0 spiro atoms. The van der Waals surface area contributed by atoms with Crippen molar-refractivity contribution in [2.24, 2.45) is 11.8 Å². The second-order valence-electron chi connectivity index (χ2n) is 8.90. The van der Waals surface area contributed by atoms with Crippen LogP contribution < -0.4 is 11.1 Å². The summed E-state index contributed by atoms with van der Waals surface area (Å²) in [6, 6.07) is 2.42. The van der Waals surface area contributed by atoms with Gasteiger partial charge in [-0.3, -0.25) is 0 Å². The molecule has 1 aliphatic heterocycles. The van der Waals surface area contributed by atoms with E-state index >= 15 is 0 Å². The standard InChI is InChI=1S/C19H29N5O2/c1-19(2,3)26-18(25)24-9-12-13(10-24)16(12)22-15-8-14(21-17(20)23-15)11-6-4-5-7-11/h8,11-13,16H,4-7,9-10H2,1-3H3,(H3,20,21,22,23)/t12-,13+,16-. The normalized spacial score (nSPS) is 28.1. The molecule has 3 aliphatic rings. The minimum Gasteiger partial charge on any atom is -0.444 e. The molecule has 2 heterocycles. The summed E-state index contributed by atoms with van der Waals surface area (Å²) < 4.78 is 5.46. The molecule has 26 heavy (non-hydrogen) atoms. The number of nitrogens with one attached hydrogen (secondary N) is 1. The summed E-state index contributed by atoms with van der Waals surface area (Å²) >= 11 is 0. The van der Waals surface area contributed by atoms with Gasteiger partial charge < -0.3 is 20.7 Å². The Labute approximate surface area is 154 Å². The maximum atomic E-state index is 12.2. The summed E-state index contributed by atoms with van der Waals surface area (Å²) in [6.45, 7) is 7.18. The van der Waals surface area contributed by atoms with Crippen molar-refractivity contribution >= 4 is 17.9 Å². The number of nitrogen functional groups attached to an aromatic ring is 1. The molecule has 4 rings (SSSR count). The lowest BCUT2D eigenvalue weighted by molar-refractivity contribution is 0.0272. The van der Waals surface area contributed by atoms with Crippen LogP contribution in [0.5, 0.6) is 0 Å². The fraction of sp³-hybridized carbons (Fsp3) is 0.737. The van der Waals surface area contributed by atoms with Crippen molar-refractivity contribution in [1.29, 1.82) is 0 Å². The number of aromatic nitrogens is 2. The number of piperidine rings is 1. The Balaban J connectivity index is 1.34. The first-order valence-electron chi connectivity index (χ1n) is 9.69. The first-order chi connectivity index (χ1) is 12.3. The van der Waals surface area contributed by atoms with E-state index in [0.717, 1.165) is 24.6 Å². The van der Waals surface area contributed by atoms with Crippen LogP contribution in [0.2, 0.25) is 0 Å². The van der Waals surface area contributed by atoms with E-state index in [1.165, 1.54) is 25.7 Å². The third-order valence-electron chi connectivity index (χ3n) is 5.70. The molecule has 0 unspecified atom stereocenters. The molecule has 7 heteroatoms. The zero-order valence-corrected chi connectivity index (χ0v) is 15.9. The molecule has 3 N–H and O–H groups in total. The number of fused-ring (bicyclic) bond motifs is 1. The number of likely N-dealkylation sites (tertiary alicyclic amines) is 1. The zero-order chi connectivity index (χ0) is 18.5. The molecule has 2 saturated carbocycles. The van der Waals surface area contributed by atoms with Gasteiger partial charge in [0, 0.05) is 43.0 Å². The highest BCUT2D eigenvalue weighted by Crippen LogP contribution is 2.47. The highest BCUT2D eigenvalue weighted by atomic mass is 16.6. The average Bonchev–Trinajstić information content (AvgIpc) is 3.01. The Hall–Kier alpha value is -2.05. The molecule has 1 aromatic heterocycles. The number of nitrogens with two attached hydrogens (primary N) is 1. The molecule has 3 atom stereocenters. The number of amides is 1. The topological polar surface area (TPSA) is 93.4 Å². The summed E-state index contributed by atoms with van der Waals surface area (Å²) in [5, 5.41) is 3.52. The van der Waals surface area contributed by atoms with E-state index in [9.17, 15) is 4.79 Å². The third kappa shape index (κ3) is 3.57. The van der Waals surface area contributed by atoms with Crippen LogP contribution in [0, 0.1) is 11.8 Å². The number of rotatable bonds is 3. The Morgan fingerprint density at radius 3 is 2.50 bits per heavy atom. The molecular formula is C19H29N5O2. The Morgan fingerprint density at radius 2 is 1.88 bits per heavy atom. The van der Waals surface area contributed by atoms with Gasteiger partial charge in [0.05, 0.1) is 5.69 Å². The number of hydrogen-bond acceptors (Lipinski definition) is 6. The molecule has 7 nitrogen and oxygen atoms in total. The van der Waals surface area contributed by atoms with Crippen LogP contribution in [0.3, 0.4) is 0 Å². The van der Waals surface area contributed by atoms with Crippen LogP contribution >= 0.6 is 0 Å². The van der Waals surface area contributed by atoms with Crippen molar-refractivity contribution in [2.45, 2.75) is 64.0 Å². The van der Waals surface area contributed by atoms with Gasteiger partial charge in [0.15, 0.2) is 0 Å². The maximum absolute atomic E-state index is 12.2. The van der Waals surface area contributed by atoms with E-state index in [4.69, 9.17) is 10.5 Å². The van der Waals surface area contributed by atoms with Gasteiger partial charge in [-0.25, -0.2) is 9.78 Å². The number of carbonyl (C=O) groups excluding carboxylic acids is 1. The Bertz CT molecular complexity index is 684. The zero-order valence-electron chi connectivity index (χ0n) is 15.9. The number of ether oxygens (including phenoxy) is 1. The van der Waals surface area contributed by atoms with Crippen molar-refractivity contribution in [3.05, 3.63) is 11.8 Å². The molecule has 1 amide bonds. The third-order valence-corrected chi connectivity index (χ3v) is 5.70. The van der Waals surface area contributed by atoms with Crippen LogP contribution in [0.4, 0.5) is 16.6 Å². The number of carbonyl (C=O) groups is 1. The second-order valence-corrected chi connectivity index (χ2v) is 8.90. The van der Waals surface area contributed by atoms with Gasteiger partial charge in [-0.2, -0.15) is 4.98 Å². The van der Waals surface area contributed by atoms with E-state index in [1.54, 1.807) is 0 Å². The van der Waals surface area contributed by atoms with Gasteiger partial charge in [-0.15, -0.1) is 0 Å². The van der Waals surface area contributed by atoms with E-state index < -0.39 is 5.60 Å². The lowest BCUT2D eigenvalue weighted by Gasteiger charge is -2.26. The minimum atomic E-state index is -0.448. The van der Waals surface area contributed by atoms with E-state index in [0.29, 0.717) is 29.7 Å². The summed E-state index contributed by atoms with van der Waals surface area (Å²) in [5.74, 6) is 2.62. The predicted molar refractivity (Wildman–Crippen MR) is 99.9 cm³/mol. The fourth-order valence-electron chi connectivity index (χ4n) is 4.38. The van der Waals surface area contributed by atoms with Gasteiger partial charge in [0.2, 0.25) is 5.95 Å². The predicted octanol–water partition coefficient (Wildman–Crippen LogP) is 2.99. The Morgan fingerprint density at radius 1 is 1.23 bits per heavy atom. The van der Waals surface area contributed by atoms with Crippen molar-refractivity contribution < 1.29 is 9.53 Å². The van der Waals surface area contributed by atoms with Crippen molar-refractivity contribution in [2.75, 3.05) is 24.1 Å². The molecule has 3 fully saturated rings. The quantitative estimate of drug-likeness (QED) is 0.862. The highest BCUT2D eigenvalue weighted by molar-refractivity contribution is 5.69. The van der Waals surface area contributed by atoms with Gasteiger partial charge in [0.25, 0.3) is 0 Å².